The van der Waals surface area contributed by atoms with Gasteiger partial charge < -0.3 is 0 Å². The molecule has 3 aliphatic rings. The zero-order valence-corrected chi connectivity index (χ0v) is 19.7. The van der Waals surface area contributed by atoms with E-state index in [1.54, 1.807) is 14.1 Å². The molecule has 1 fully saturated rings. The topological polar surface area (TPSA) is 59.2 Å². The van der Waals surface area contributed by atoms with E-state index in [1.165, 1.54) is 37.6 Å². The fourth-order valence-corrected chi connectivity index (χ4v) is 5.00. The molecule has 0 saturated carbocycles. The van der Waals surface area contributed by atoms with Gasteiger partial charge in [-0.1, -0.05) is 48.0 Å². The molecule has 33 heavy (non-hydrogen) atoms. The van der Waals surface area contributed by atoms with Crippen molar-refractivity contribution >= 4 is 23.6 Å². The van der Waals surface area contributed by atoms with Crippen LogP contribution in [0.15, 0.2) is 47.5 Å². The normalized spacial score (nSPS) is 20.8. The van der Waals surface area contributed by atoms with Gasteiger partial charge in [0.2, 0.25) is 0 Å². The number of aryl methyl sites for hydroxylation is 2. The number of hydrogen-bond donors (Lipinski definition) is 0. The van der Waals surface area contributed by atoms with Gasteiger partial charge in [0.05, 0.1) is 0 Å². The van der Waals surface area contributed by atoms with Gasteiger partial charge in [-0.2, -0.15) is 0 Å². The number of carbonyl (C=O) groups is 2. The second-order valence-electron chi connectivity index (χ2n) is 9.31. The van der Waals surface area contributed by atoms with Crippen molar-refractivity contribution in [1.82, 2.24) is 14.7 Å². The van der Waals surface area contributed by atoms with E-state index in [-0.39, 0.29) is 11.9 Å². The molecular formula is C26H30N5O2+. The number of fused-ring (bicyclic) bond motifs is 2. The van der Waals surface area contributed by atoms with Crippen LogP contribution in [-0.2, 0) is 24.3 Å². The van der Waals surface area contributed by atoms with E-state index in [9.17, 15) is 9.59 Å². The number of amidine groups is 2. The SMILES string of the molecule is Cc1ccc(C)c(C[N+]2=C(CN3CCc4ccccc4C3)N=C3C2C(=O)N(C)C(=O)N3C)c1. The van der Waals surface area contributed by atoms with Crippen molar-refractivity contribution < 1.29 is 14.2 Å². The molecule has 5 rings (SSSR count). The van der Waals surface area contributed by atoms with E-state index in [1.807, 2.05) is 0 Å². The summed E-state index contributed by atoms with van der Waals surface area (Å²) in [4.78, 5) is 35.8. The molecule has 0 radical (unpaired) electrons. The third kappa shape index (κ3) is 3.76. The van der Waals surface area contributed by atoms with Gasteiger partial charge in [0, 0.05) is 27.2 Å². The van der Waals surface area contributed by atoms with Crippen LogP contribution in [0.2, 0.25) is 0 Å². The maximum Gasteiger partial charge on any atom is 0.333 e. The largest absolute Gasteiger partial charge is 0.333 e. The van der Waals surface area contributed by atoms with Crippen LogP contribution in [0.1, 0.15) is 27.8 Å². The molecular weight excluding hydrogens is 414 g/mol. The van der Waals surface area contributed by atoms with Crippen molar-refractivity contribution in [2.24, 2.45) is 4.99 Å². The smallest absolute Gasteiger partial charge is 0.287 e. The average molecular weight is 445 g/mol. The zero-order chi connectivity index (χ0) is 23.3. The molecule has 1 saturated heterocycles. The summed E-state index contributed by atoms with van der Waals surface area (Å²) in [6.45, 7) is 7.19. The molecule has 2 aromatic rings. The lowest BCUT2D eigenvalue weighted by Crippen LogP contribution is -2.61. The Labute approximate surface area is 194 Å². The van der Waals surface area contributed by atoms with E-state index in [2.05, 4.69) is 65.8 Å². The number of nitrogens with zero attached hydrogens (tertiary/aromatic N) is 5. The second kappa shape index (κ2) is 8.23. The molecule has 7 heteroatoms. The number of aliphatic imine (C=N–C) groups is 1. The van der Waals surface area contributed by atoms with Crippen molar-refractivity contribution in [2.45, 2.75) is 39.4 Å². The Kier molecular flexibility index (Phi) is 5.37. The number of urea groups is 1. The van der Waals surface area contributed by atoms with Gasteiger partial charge in [0.25, 0.3) is 17.8 Å². The third-order valence-corrected chi connectivity index (χ3v) is 7.03. The van der Waals surface area contributed by atoms with Crippen LogP contribution in [-0.4, -0.2) is 76.1 Å². The summed E-state index contributed by atoms with van der Waals surface area (Å²) in [5.41, 5.74) is 6.28. The van der Waals surface area contributed by atoms with Gasteiger partial charge in [0.1, 0.15) is 13.1 Å². The van der Waals surface area contributed by atoms with Crippen molar-refractivity contribution in [3.05, 3.63) is 70.3 Å². The van der Waals surface area contributed by atoms with Crippen molar-refractivity contribution in [3.8, 4) is 0 Å². The molecule has 0 aliphatic carbocycles. The molecule has 0 bridgehead atoms. The lowest BCUT2D eigenvalue weighted by Gasteiger charge is -2.31. The number of carbonyl (C=O) groups excluding carboxylic acids is 2. The first-order chi connectivity index (χ1) is 15.8. The molecule has 3 heterocycles. The third-order valence-electron chi connectivity index (χ3n) is 7.03. The Morgan fingerprint density at radius 1 is 1.03 bits per heavy atom. The van der Waals surface area contributed by atoms with Crippen LogP contribution in [0.25, 0.3) is 0 Å². The van der Waals surface area contributed by atoms with E-state index in [0.717, 1.165) is 25.3 Å². The number of imide groups is 1. The summed E-state index contributed by atoms with van der Waals surface area (Å²) in [7, 11) is 3.25. The highest BCUT2D eigenvalue weighted by Gasteiger charge is 2.53. The molecule has 1 unspecified atom stereocenters. The Bertz CT molecular complexity index is 1210. The van der Waals surface area contributed by atoms with Crippen molar-refractivity contribution in [2.75, 3.05) is 27.2 Å². The maximum absolute atomic E-state index is 13.2. The standard InChI is InChI=1S/C26H30N5O2/c1-17-9-10-18(2)21(13-17)15-31-22(16-30-12-11-19-7-5-6-8-20(19)14-30)27-24-23(31)25(32)29(4)26(33)28(24)3/h5-10,13,23H,11-12,14-16H2,1-4H3/q+1. The van der Waals surface area contributed by atoms with Crippen molar-refractivity contribution in [3.63, 3.8) is 0 Å². The number of likely N-dealkylation sites (N-methyl/N-ethyl adjacent to an activating group) is 2. The van der Waals surface area contributed by atoms with Gasteiger partial charge in [0.15, 0.2) is 0 Å². The molecule has 3 amide bonds. The maximum atomic E-state index is 13.2. The minimum atomic E-state index is -0.579. The monoisotopic (exact) mass is 444 g/mol. The van der Waals surface area contributed by atoms with E-state index < -0.39 is 6.04 Å². The molecule has 7 nitrogen and oxygen atoms in total. The fourth-order valence-electron chi connectivity index (χ4n) is 5.00. The van der Waals surface area contributed by atoms with Crippen molar-refractivity contribution in [1.29, 1.82) is 0 Å². The molecule has 0 N–H and O–H groups in total. The Balaban J connectivity index is 1.52. The van der Waals surface area contributed by atoms with Crippen LogP contribution in [0, 0.1) is 13.8 Å². The number of hydrogen-bond acceptors (Lipinski definition) is 4. The summed E-state index contributed by atoms with van der Waals surface area (Å²) < 4.78 is 2.10. The van der Waals surface area contributed by atoms with Crippen LogP contribution in [0.5, 0.6) is 0 Å². The van der Waals surface area contributed by atoms with Gasteiger partial charge in [-0.25, -0.2) is 9.37 Å². The number of rotatable bonds is 4. The van der Waals surface area contributed by atoms with E-state index >= 15 is 0 Å². The number of benzene rings is 2. The lowest BCUT2D eigenvalue weighted by molar-refractivity contribution is -0.552. The molecule has 2 aromatic carbocycles. The summed E-state index contributed by atoms with van der Waals surface area (Å²) in [6.07, 6.45) is 1.00. The van der Waals surface area contributed by atoms with Gasteiger partial charge >= 0.3 is 11.9 Å². The summed E-state index contributed by atoms with van der Waals surface area (Å²) >= 11 is 0. The minimum Gasteiger partial charge on any atom is -0.287 e. The second-order valence-corrected chi connectivity index (χ2v) is 9.31. The quantitative estimate of drug-likeness (QED) is 0.681. The fraction of sp³-hybridized carbons (Fsp3) is 0.385. The highest BCUT2D eigenvalue weighted by Crippen LogP contribution is 2.24. The Morgan fingerprint density at radius 2 is 1.79 bits per heavy atom. The van der Waals surface area contributed by atoms with Crippen LogP contribution in [0.3, 0.4) is 0 Å². The molecule has 170 valence electrons. The van der Waals surface area contributed by atoms with E-state index in [0.29, 0.717) is 18.9 Å². The van der Waals surface area contributed by atoms with Gasteiger partial charge in [-0.3, -0.25) is 19.5 Å². The molecule has 1 atom stereocenters. The van der Waals surface area contributed by atoms with E-state index in [4.69, 9.17) is 4.99 Å². The first-order valence-electron chi connectivity index (χ1n) is 11.4. The number of amides is 3. The first-order valence-corrected chi connectivity index (χ1v) is 11.4. The average Bonchev–Trinajstić information content (AvgIpc) is 3.16. The highest BCUT2D eigenvalue weighted by molar-refractivity contribution is 6.23. The summed E-state index contributed by atoms with van der Waals surface area (Å²) in [5, 5.41) is 0. The molecule has 0 spiro atoms. The highest BCUT2D eigenvalue weighted by atomic mass is 16.2. The van der Waals surface area contributed by atoms with Crippen LogP contribution >= 0.6 is 0 Å². The van der Waals surface area contributed by atoms with Crippen LogP contribution in [0.4, 0.5) is 4.79 Å². The first kappa shape index (κ1) is 21.5. The summed E-state index contributed by atoms with van der Waals surface area (Å²) in [5.74, 6) is 1.15. The van der Waals surface area contributed by atoms with Gasteiger partial charge in [-0.15, -0.1) is 0 Å². The predicted molar refractivity (Wildman–Crippen MR) is 127 cm³/mol. The molecule has 0 aromatic heterocycles. The lowest BCUT2D eigenvalue weighted by atomic mass is 10.00. The molecule has 3 aliphatic heterocycles. The predicted octanol–water partition coefficient (Wildman–Crippen LogP) is 2.58. The summed E-state index contributed by atoms with van der Waals surface area (Å²) in [6, 6.07) is 14.0. The Morgan fingerprint density at radius 3 is 2.58 bits per heavy atom. The Hall–Kier alpha value is -3.32. The van der Waals surface area contributed by atoms with Gasteiger partial charge in [-0.05, 0) is 47.5 Å². The minimum absolute atomic E-state index is 0.221. The van der Waals surface area contributed by atoms with Crippen LogP contribution < -0.4 is 0 Å². The zero-order valence-electron chi connectivity index (χ0n) is 19.7.